The van der Waals surface area contributed by atoms with Gasteiger partial charge in [0.25, 0.3) is 0 Å². The second-order valence-corrected chi connectivity index (χ2v) is 11.8. The molecule has 1 spiro atoms. The Bertz CT molecular complexity index is 1050. The molecule has 186 valence electrons. The Labute approximate surface area is 207 Å². The minimum atomic E-state index is -0.0146. The van der Waals surface area contributed by atoms with Crippen LogP contribution < -0.4 is 14.2 Å². The van der Waals surface area contributed by atoms with E-state index < -0.39 is 0 Å². The second-order valence-electron chi connectivity index (χ2n) is 11.8. The molecule has 0 fully saturated rings. The Hall–Kier alpha value is -2.16. The van der Waals surface area contributed by atoms with Gasteiger partial charge in [-0.2, -0.15) is 0 Å². The van der Waals surface area contributed by atoms with E-state index in [1.165, 1.54) is 27.8 Å². The van der Waals surface area contributed by atoms with Gasteiger partial charge in [0.1, 0.15) is 5.75 Å². The highest BCUT2D eigenvalue weighted by atomic mass is 16.5. The van der Waals surface area contributed by atoms with Crippen LogP contribution in [0.1, 0.15) is 108 Å². The number of fused-ring (bicyclic) bond motifs is 4. The van der Waals surface area contributed by atoms with Crippen LogP contribution in [0.25, 0.3) is 0 Å². The summed E-state index contributed by atoms with van der Waals surface area (Å²) < 4.78 is 18.6. The number of hydrogen-bond donors (Lipinski definition) is 0. The van der Waals surface area contributed by atoms with Gasteiger partial charge in [0.05, 0.1) is 19.8 Å². The molecule has 2 aromatic carbocycles. The average molecular weight is 465 g/mol. The van der Waals surface area contributed by atoms with Crippen molar-refractivity contribution in [1.29, 1.82) is 0 Å². The minimum absolute atomic E-state index is 0.0146. The van der Waals surface area contributed by atoms with Crippen molar-refractivity contribution in [3.8, 4) is 17.2 Å². The maximum atomic E-state index is 6.26. The molecule has 0 bridgehead atoms. The van der Waals surface area contributed by atoms with Crippen LogP contribution in [0.5, 0.6) is 17.2 Å². The number of aryl methyl sites for hydroxylation is 1. The second kappa shape index (κ2) is 9.13. The van der Waals surface area contributed by atoms with Crippen molar-refractivity contribution in [3.63, 3.8) is 0 Å². The van der Waals surface area contributed by atoms with Crippen LogP contribution in [0.15, 0.2) is 24.3 Å². The summed E-state index contributed by atoms with van der Waals surface area (Å²) in [6, 6.07) is 9.38. The number of benzene rings is 2. The lowest BCUT2D eigenvalue weighted by atomic mass is 9.72. The van der Waals surface area contributed by atoms with Gasteiger partial charge in [0.2, 0.25) is 0 Å². The highest BCUT2D eigenvalue weighted by Crippen LogP contribution is 2.64. The first-order valence-corrected chi connectivity index (χ1v) is 13.3. The molecule has 0 heterocycles. The standard InChI is InChI=1S/C31H44O3/c1-9-12-32-26-16-22-24(15-21(26)4)31(19-29(22,5)6)20-30(7,8)23-17-27(33-13-10-2)28(18-25(23)31)34-14-11-3/h15-18H,9-14,19-20H2,1-8H3. The fourth-order valence-corrected chi connectivity index (χ4v) is 6.46. The van der Waals surface area contributed by atoms with E-state index in [9.17, 15) is 0 Å². The Morgan fingerprint density at radius 2 is 0.971 bits per heavy atom. The van der Waals surface area contributed by atoms with Gasteiger partial charge in [-0.3, -0.25) is 0 Å². The molecular weight excluding hydrogens is 420 g/mol. The Kier molecular flexibility index (Phi) is 6.70. The number of hydrogen-bond acceptors (Lipinski definition) is 3. The van der Waals surface area contributed by atoms with E-state index in [4.69, 9.17) is 14.2 Å². The summed E-state index contributed by atoms with van der Waals surface area (Å²) >= 11 is 0. The van der Waals surface area contributed by atoms with Crippen LogP contribution in [0.2, 0.25) is 0 Å². The SMILES string of the molecule is CCCOc1cc2c(cc1C)C1(CC2(C)C)CC(C)(C)c2cc(OCCC)c(OCCC)cc21. The third-order valence-corrected chi connectivity index (χ3v) is 7.76. The molecule has 2 aromatic rings. The molecule has 0 saturated heterocycles. The van der Waals surface area contributed by atoms with E-state index in [0.29, 0.717) is 13.2 Å². The van der Waals surface area contributed by atoms with E-state index in [1.54, 1.807) is 0 Å². The molecule has 0 radical (unpaired) electrons. The molecule has 2 aliphatic carbocycles. The average Bonchev–Trinajstić information content (AvgIpc) is 3.13. The number of rotatable bonds is 9. The topological polar surface area (TPSA) is 27.7 Å². The zero-order valence-corrected chi connectivity index (χ0v) is 22.7. The van der Waals surface area contributed by atoms with Crippen molar-refractivity contribution in [2.75, 3.05) is 19.8 Å². The maximum Gasteiger partial charge on any atom is 0.161 e. The Balaban J connectivity index is 1.90. The predicted octanol–water partition coefficient (Wildman–Crippen LogP) is 8.01. The molecule has 0 saturated carbocycles. The molecule has 0 N–H and O–H groups in total. The molecule has 3 nitrogen and oxygen atoms in total. The van der Waals surface area contributed by atoms with Gasteiger partial charge in [-0.15, -0.1) is 0 Å². The van der Waals surface area contributed by atoms with Crippen molar-refractivity contribution in [1.82, 2.24) is 0 Å². The van der Waals surface area contributed by atoms with E-state index in [1.807, 2.05) is 0 Å². The Morgan fingerprint density at radius 1 is 0.588 bits per heavy atom. The lowest BCUT2D eigenvalue weighted by molar-refractivity contribution is 0.267. The lowest BCUT2D eigenvalue weighted by Crippen LogP contribution is -2.27. The fraction of sp³-hybridized carbons (Fsp3) is 0.613. The summed E-state index contributed by atoms with van der Waals surface area (Å²) in [6.45, 7) is 20.4. The van der Waals surface area contributed by atoms with E-state index >= 15 is 0 Å². The molecule has 1 unspecified atom stereocenters. The molecule has 0 aromatic heterocycles. The monoisotopic (exact) mass is 464 g/mol. The predicted molar refractivity (Wildman–Crippen MR) is 141 cm³/mol. The van der Waals surface area contributed by atoms with Gasteiger partial charge in [-0.05, 0) is 95.9 Å². The van der Waals surface area contributed by atoms with E-state index in [-0.39, 0.29) is 16.2 Å². The van der Waals surface area contributed by atoms with Gasteiger partial charge >= 0.3 is 0 Å². The first kappa shape index (κ1) is 24.9. The molecule has 34 heavy (non-hydrogen) atoms. The van der Waals surface area contributed by atoms with Crippen LogP contribution in [-0.4, -0.2) is 19.8 Å². The van der Waals surface area contributed by atoms with Crippen LogP contribution in [0.4, 0.5) is 0 Å². The molecule has 2 aliphatic rings. The van der Waals surface area contributed by atoms with Crippen LogP contribution in [0.3, 0.4) is 0 Å². The summed E-state index contributed by atoms with van der Waals surface area (Å²) in [5.74, 6) is 2.84. The molecular formula is C31H44O3. The number of ether oxygens (including phenoxy) is 3. The van der Waals surface area contributed by atoms with Crippen molar-refractivity contribution in [2.24, 2.45) is 0 Å². The normalized spacial score (nSPS) is 21.4. The minimum Gasteiger partial charge on any atom is -0.493 e. The van der Waals surface area contributed by atoms with E-state index in [0.717, 1.165) is 56.0 Å². The summed E-state index contributed by atoms with van der Waals surface area (Å²) in [6.07, 6.45) is 5.20. The van der Waals surface area contributed by atoms with Gasteiger partial charge in [0.15, 0.2) is 11.5 Å². The van der Waals surface area contributed by atoms with Crippen molar-refractivity contribution in [2.45, 2.75) is 104 Å². The fourth-order valence-electron chi connectivity index (χ4n) is 6.46. The molecule has 1 atom stereocenters. The zero-order chi connectivity index (χ0) is 24.7. The van der Waals surface area contributed by atoms with Crippen molar-refractivity contribution >= 4 is 0 Å². The largest absolute Gasteiger partial charge is 0.493 e. The molecule has 0 aliphatic heterocycles. The quantitative estimate of drug-likeness (QED) is 0.376. The smallest absolute Gasteiger partial charge is 0.161 e. The van der Waals surface area contributed by atoms with Crippen molar-refractivity contribution in [3.05, 3.63) is 52.1 Å². The van der Waals surface area contributed by atoms with Crippen LogP contribution in [0, 0.1) is 6.92 Å². The van der Waals surface area contributed by atoms with E-state index in [2.05, 4.69) is 79.7 Å². The maximum absolute atomic E-state index is 6.26. The summed E-state index contributed by atoms with van der Waals surface area (Å²) in [5.41, 5.74) is 7.12. The summed E-state index contributed by atoms with van der Waals surface area (Å²) in [5, 5.41) is 0. The van der Waals surface area contributed by atoms with Gasteiger partial charge in [0, 0.05) is 5.41 Å². The molecule has 0 amide bonds. The van der Waals surface area contributed by atoms with Crippen LogP contribution >= 0.6 is 0 Å². The third kappa shape index (κ3) is 4.10. The van der Waals surface area contributed by atoms with Crippen molar-refractivity contribution < 1.29 is 14.2 Å². The summed E-state index contributed by atoms with van der Waals surface area (Å²) in [7, 11) is 0. The summed E-state index contributed by atoms with van der Waals surface area (Å²) in [4.78, 5) is 0. The van der Waals surface area contributed by atoms with Gasteiger partial charge in [-0.1, -0.05) is 54.5 Å². The zero-order valence-electron chi connectivity index (χ0n) is 22.7. The third-order valence-electron chi connectivity index (χ3n) is 7.76. The highest BCUT2D eigenvalue weighted by Gasteiger charge is 2.56. The molecule has 4 rings (SSSR count). The van der Waals surface area contributed by atoms with Gasteiger partial charge in [-0.25, -0.2) is 0 Å². The highest BCUT2D eigenvalue weighted by molar-refractivity contribution is 5.64. The van der Waals surface area contributed by atoms with Gasteiger partial charge < -0.3 is 14.2 Å². The lowest BCUT2D eigenvalue weighted by Gasteiger charge is -2.31. The van der Waals surface area contributed by atoms with Crippen LogP contribution in [-0.2, 0) is 16.2 Å². The first-order valence-electron chi connectivity index (χ1n) is 13.3. The first-order chi connectivity index (χ1) is 16.1. The Morgan fingerprint density at radius 3 is 1.44 bits per heavy atom. The molecule has 3 heteroatoms.